The molecule has 8 heteroatoms. The summed E-state index contributed by atoms with van der Waals surface area (Å²) in [5.74, 6) is 2.16. The molecule has 8 nitrogen and oxygen atoms in total. The Labute approximate surface area is 199 Å². The van der Waals surface area contributed by atoms with E-state index < -0.39 is 0 Å². The minimum Gasteiger partial charge on any atom is -0.497 e. The first kappa shape index (κ1) is 22.3. The first-order valence-electron chi connectivity index (χ1n) is 11.6. The molecular formula is C26H29N5O3. The summed E-state index contributed by atoms with van der Waals surface area (Å²) in [6.45, 7) is 3.94. The van der Waals surface area contributed by atoms with Gasteiger partial charge in [-0.15, -0.1) is 0 Å². The van der Waals surface area contributed by atoms with Gasteiger partial charge in [-0.3, -0.25) is 4.98 Å². The number of piperidine rings is 1. The fourth-order valence-corrected chi connectivity index (χ4v) is 4.81. The highest BCUT2D eigenvalue weighted by Gasteiger charge is 2.21. The van der Waals surface area contributed by atoms with Crippen LogP contribution in [-0.4, -0.2) is 49.5 Å². The Bertz CT molecular complexity index is 1230. The summed E-state index contributed by atoms with van der Waals surface area (Å²) in [4.78, 5) is 6.92. The van der Waals surface area contributed by atoms with Gasteiger partial charge >= 0.3 is 0 Å². The number of methoxy groups -OCH3 is 1. The van der Waals surface area contributed by atoms with Crippen LogP contribution < -0.4 is 25.3 Å². The lowest BCUT2D eigenvalue weighted by atomic mass is 9.99. The third-order valence-electron chi connectivity index (χ3n) is 6.73. The smallest absolute Gasteiger partial charge is 0.231 e. The number of nitrogens with zero attached hydrogens (tertiary/aromatic N) is 3. The van der Waals surface area contributed by atoms with E-state index in [4.69, 9.17) is 19.9 Å². The van der Waals surface area contributed by atoms with E-state index in [-0.39, 0.29) is 6.79 Å². The van der Waals surface area contributed by atoms with Crippen LogP contribution >= 0.6 is 0 Å². The lowest BCUT2D eigenvalue weighted by molar-refractivity contribution is 0.174. The molecule has 1 fully saturated rings. The minimum atomic E-state index is 0.230. The topological polar surface area (TPSA) is 106 Å². The van der Waals surface area contributed by atoms with E-state index in [0.29, 0.717) is 23.0 Å². The number of nitrogens with two attached hydrogens (primary N) is 1. The number of anilines is 1. The highest BCUT2D eigenvalue weighted by atomic mass is 16.7. The van der Waals surface area contributed by atoms with Crippen LogP contribution in [0.4, 0.5) is 5.69 Å². The summed E-state index contributed by atoms with van der Waals surface area (Å²) >= 11 is 0. The molecule has 2 aliphatic heterocycles. The number of nitrogen functional groups attached to an aromatic ring is 1. The van der Waals surface area contributed by atoms with Crippen molar-refractivity contribution >= 4 is 16.6 Å². The van der Waals surface area contributed by atoms with E-state index in [9.17, 15) is 5.26 Å². The number of nitrogens with one attached hydrogen (secondary N) is 1. The average Bonchev–Trinajstić information content (AvgIpc) is 3.35. The van der Waals surface area contributed by atoms with Crippen molar-refractivity contribution in [2.45, 2.75) is 31.8 Å². The number of hydrogen-bond donors (Lipinski definition) is 2. The second-order valence-electron chi connectivity index (χ2n) is 8.81. The van der Waals surface area contributed by atoms with Gasteiger partial charge in [-0.1, -0.05) is 0 Å². The van der Waals surface area contributed by atoms with E-state index in [0.717, 1.165) is 79.0 Å². The predicted octanol–water partition coefficient (Wildman–Crippen LogP) is 3.22. The third-order valence-corrected chi connectivity index (χ3v) is 6.73. The first-order valence-corrected chi connectivity index (χ1v) is 11.6. The highest BCUT2D eigenvalue weighted by Crippen LogP contribution is 2.38. The summed E-state index contributed by atoms with van der Waals surface area (Å²) in [6, 6.07) is 12.6. The Morgan fingerprint density at radius 3 is 2.88 bits per heavy atom. The number of aromatic nitrogens is 1. The fraction of sp³-hybridized carbons (Fsp3) is 0.385. The summed E-state index contributed by atoms with van der Waals surface area (Å²) in [5.41, 5.74) is 10.4. The van der Waals surface area contributed by atoms with Gasteiger partial charge in [-0.05, 0) is 73.8 Å². The fourth-order valence-electron chi connectivity index (χ4n) is 4.81. The number of ether oxygens (including phenoxy) is 3. The number of rotatable bonds is 7. The monoisotopic (exact) mass is 459 g/mol. The van der Waals surface area contributed by atoms with E-state index in [2.05, 4.69) is 21.3 Å². The van der Waals surface area contributed by atoms with Crippen molar-refractivity contribution in [3.63, 3.8) is 0 Å². The summed E-state index contributed by atoms with van der Waals surface area (Å²) in [6.07, 6.45) is 4.65. The van der Waals surface area contributed by atoms with Gasteiger partial charge in [0.05, 0.1) is 23.9 Å². The second kappa shape index (κ2) is 9.75. The van der Waals surface area contributed by atoms with Crippen molar-refractivity contribution in [1.29, 1.82) is 5.26 Å². The van der Waals surface area contributed by atoms with Gasteiger partial charge in [-0.25, -0.2) is 0 Å². The van der Waals surface area contributed by atoms with Gasteiger partial charge in [0.1, 0.15) is 11.8 Å². The zero-order valence-electron chi connectivity index (χ0n) is 19.3. The van der Waals surface area contributed by atoms with Crippen molar-refractivity contribution in [2.75, 3.05) is 39.3 Å². The SMILES string of the molecule is COc1ccc2ncc(C#N)c(CCN3CCC(NCc4cc(N)c5c(c4)OCO5)CC3)c2c1. The molecule has 34 heavy (non-hydrogen) atoms. The van der Waals surface area contributed by atoms with Crippen molar-refractivity contribution in [3.8, 4) is 23.3 Å². The largest absolute Gasteiger partial charge is 0.497 e. The Balaban J connectivity index is 1.16. The molecule has 0 radical (unpaired) electrons. The normalized spacial score (nSPS) is 16.0. The molecule has 0 spiro atoms. The van der Waals surface area contributed by atoms with Crippen LogP contribution in [0.15, 0.2) is 36.5 Å². The van der Waals surface area contributed by atoms with Crippen molar-refractivity contribution in [2.24, 2.45) is 0 Å². The second-order valence-corrected chi connectivity index (χ2v) is 8.81. The quantitative estimate of drug-likeness (QED) is 0.519. The molecular weight excluding hydrogens is 430 g/mol. The minimum absolute atomic E-state index is 0.230. The van der Waals surface area contributed by atoms with Crippen LogP contribution in [0.25, 0.3) is 10.9 Å². The molecule has 5 rings (SSSR count). The average molecular weight is 460 g/mol. The Morgan fingerprint density at radius 1 is 1.24 bits per heavy atom. The van der Waals surface area contributed by atoms with E-state index in [1.165, 1.54) is 0 Å². The van der Waals surface area contributed by atoms with Crippen LogP contribution in [0.3, 0.4) is 0 Å². The molecule has 2 aliphatic rings. The molecule has 3 aromatic rings. The van der Waals surface area contributed by atoms with Gasteiger partial charge in [0.25, 0.3) is 0 Å². The molecule has 0 saturated carbocycles. The lowest BCUT2D eigenvalue weighted by Crippen LogP contribution is -2.42. The molecule has 3 heterocycles. The van der Waals surface area contributed by atoms with Crippen molar-refractivity contribution in [3.05, 3.63) is 53.2 Å². The number of pyridine rings is 1. The Morgan fingerprint density at radius 2 is 2.09 bits per heavy atom. The number of benzene rings is 2. The standard InChI is InChI=1S/C26H29N5O3/c1-32-20-2-3-24-22(12-20)21(18(13-27)15-30-24)6-9-31-7-4-19(5-8-31)29-14-17-10-23(28)26-25(11-17)33-16-34-26/h2-3,10-12,15,19,29H,4-9,14,16,28H2,1H3. The Kier molecular flexibility index (Phi) is 6.39. The maximum Gasteiger partial charge on any atom is 0.231 e. The van der Waals surface area contributed by atoms with Gasteiger partial charge in [0, 0.05) is 30.7 Å². The van der Waals surface area contributed by atoms with E-state index in [1.807, 2.05) is 30.3 Å². The number of hydrogen-bond acceptors (Lipinski definition) is 8. The van der Waals surface area contributed by atoms with Crippen molar-refractivity contribution in [1.82, 2.24) is 15.2 Å². The van der Waals surface area contributed by atoms with Crippen molar-refractivity contribution < 1.29 is 14.2 Å². The lowest BCUT2D eigenvalue weighted by Gasteiger charge is -2.32. The van der Waals surface area contributed by atoms with Gasteiger partial charge < -0.3 is 30.2 Å². The molecule has 176 valence electrons. The molecule has 0 amide bonds. The molecule has 0 unspecified atom stereocenters. The third kappa shape index (κ3) is 4.58. The number of fused-ring (bicyclic) bond motifs is 2. The summed E-state index contributed by atoms with van der Waals surface area (Å²) < 4.78 is 16.3. The first-order chi connectivity index (χ1) is 16.6. The van der Waals surface area contributed by atoms with E-state index in [1.54, 1.807) is 13.3 Å². The zero-order chi connectivity index (χ0) is 23.5. The summed E-state index contributed by atoms with van der Waals surface area (Å²) in [7, 11) is 1.65. The maximum atomic E-state index is 9.63. The van der Waals surface area contributed by atoms with Crippen LogP contribution in [0, 0.1) is 11.3 Å². The predicted molar refractivity (Wildman–Crippen MR) is 130 cm³/mol. The van der Waals surface area contributed by atoms with Gasteiger partial charge in [0.15, 0.2) is 11.5 Å². The van der Waals surface area contributed by atoms with Crippen LogP contribution in [0.1, 0.15) is 29.5 Å². The molecule has 0 atom stereocenters. The maximum absolute atomic E-state index is 9.63. The molecule has 3 N–H and O–H groups in total. The molecule has 1 aromatic heterocycles. The zero-order valence-corrected chi connectivity index (χ0v) is 19.3. The van der Waals surface area contributed by atoms with Crippen LogP contribution in [0.5, 0.6) is 17.2 Å². The molecule has 0 bridgehead atoms. The van der Waals surface area contributed by atoms with Crippen LogP contribution in [-0.2, 0) is 13.0 Å². The van der Waals surface area contributed by atoms with E-state index >= 15 is 0 Å². The molecule has 0 aliphatic carbocycles. The molecule has 1 saturated heterocycles. The Hall–Kier alpha value is -3.54. The number of nitriles is 1. The molecule has 2 aromatic carbocycles. The summed E-state index contributed by atoms with van der Waals surface area (Å²) in [5, 5.41) is 14.3. The van der Waals surface area contributed by atoms with Gasteiger partial charge in [0.2, 0.25) is 6.79 Å². The van der Waals surface area contributed by atoms with Gasteiger partial charge in [-0.2, -0.15) is 5.26 Å². The van der Waals surface area contributed by atoms with Crippen LogP contribution in [0.2, 0.25) is 0 Å². The number of likely N-dealkylation sites (tertiary alicyclic amines) is 1. The highest BCUT2D eigenvalue weighted by molar-refractivity contribution is 5.85.